The third kappa shape index (κ3) is 5.51. The van der Waals surface area contributed by atoms with Crippen molar-refractivity contribution in [3.05, 3.63) is 0 Å². The van der Waals surface area contributed by atoms with Gasteiger partial charge in [-0.2, -0.15) is 23.5 Å². The van der Waals surface area contributed by atoms with Crippen molar-refractivity contribution < 1.29 is 0 Å². The Labute approximate surface area is 111 Å². The molecule has 94 valence electrons. The van der Waals surface area contributed by atoms with Crippen molar-refractivity contribution in [2.24, 2.45) is 0 Å². The van der Waals surface area contributed by atoms with Gasteiger partial charge in [-0.15, -0.1) is 11.8 Å². The lowest BCUT2D eigenvalue weighted by Crippen LogP contribution is -2.21. The van der Waals surface area contributed by atoms with Crippen LogP contribution < -0.4 is 0 Å². The van der Waals surface area contributed by atoms with Crippen LogP contribution in [0.4, 0.5) is 0 Å². The molecular formula is C11H26S4. The second-order valence-corrected chi connectivity index (χ2v) is 11.9. The predicted molar refractivity (Wildman–Crippen MR) is 87.4 cm³/mol. The molecule has 0 spiro atoms. The third-order valence-corrected chi connectivity index (χ3v) is 12.4. The molecule has 0 saturated carbocycles. The summed E-state index contributed by atoms with van der Waals surface area (Å²) in [6.07, 6.45) is 4.50. The van der Waals surface area contributed by atoms with Gasteiger partial charge in [0.2, 0.25) is 0 Å². The average Bonchev–Trinajstić information content (AvgIpc) is 2.24. The van der Waals surface area contributed by atoms with Crippen LogP contribution in [-0.4, -0.2) is 45.2 Å². The minimum absolute atomic E-state index is 0.382. The zero-order valence-corrected chi connectivity index (χ0v) is 14.0. The number of hydrogen-bond donors (Lipinski definition) is 0. The molecule has 15 heavy (non-hydrogen) atoms. The van der Waals surface area contributed by atoms with Crippen LogP contribution in [-0.2, 0) is 0 Å². The Morgan fingerprint density at radius 2 is 1.80 bits per heavy atom. The molecule has 0 heterocycles. The summed E-state index contributed by atoms with van der Waals surface area (Å²) in [6, 6.07) is 0. The van der Waals surface area contributed by atoms with E-state index in [0.29, 0.717) is 0 Å². The average molecular weight is 287 g/mol. The van der Waals surface area contributed by atoms with E-state index in [4.69, 9.17) is 0 Å². The fraction of sp³-hybridized carbons (Fsp3) is 1.00. The Balaban J connectivity index is 4.46. The van der Waals surface area contributed by atoms with E-state index in [9.17, 15) is 0 Å². The van der Waals surface area contributed by atoms with Crippen molar-refractivity contribution in [3.8, 4) is 0 Å². The normalized spacial score (nSPS) is 19.5. The molecule has 0 aromatic rings. The Morgan fingerprint density at radius 1 is 1.13 bits per heavy atom. The first-order chi connectivity index (χ1) is 7.16. The molecule has 0 amide bonds. The number of rotatable bonds is 9. The molecule has 4 heteroatoms. The van der Waals surface area contributed by atoms with Gasteiger partial charge in [0.05, 0.1) is 0 Å². The quantitative estimate of drug-likeness (QED) is 0.608. The van der Waals surface area contributed by atoms with E-state index in [0.717, 1.165) is 4.58 Å². The van der Waals surface area contributed by atoms with E-state index >= 15 is 0 Å². The van der Waals surface area contributed by atoms with Crippen molar-refractivity contribution >= 4 is 45.3 Å². The lowest BCUT2D eigenvalue weighted by molar-refractivity contribution is 1.29. The summed E-state index contributed by atoms with van der Waals surface area (Å²) in [7, 11) is -0.382. The number of thioether (sulfide) groups is 3. The summed E-state index contributed by atoms with van der Waals surface area (Å²) in [5.41, 5.74) is 0. The molecule has 2 unspecified atom stereocenters. The molecule has 0 radical (unpaired) electrons. The molecule has 0 fully saturated rings. The number of hydrogen-bond acceptors (Lipinski definition) is 3. The minimum Gasteiger partial charge on any atom is -0.220 e. The van der Waals surface area contributed by atoms with Crippen LogP contribution in [0, 0.1) is 0 Å². The first-order valence-corrected chi connectivity index (χ1v) is 11.6. The molecule has 0 rings (SSSR count). The molecule has 0 aliphatic rings. The van der Waals surface area contributed by atoms with Crippen LogP contribution in [0.5, 0.6) is 0 Å². The summed E-state index contributed by atoms with van der Waals surface area (Å²) in [5, 5.41) is 1.40. The van der Waals surface area contributed by atoms with Crippen molar-refractivity contribution in [1.29, 1.82) is 0 Å². The van der Waals surface area contributed by atoms with Crippen LogP contribution in [0.3, 0.4) is 0 Å². The molecule has 0 saturated heterocycles. The molecule has 0 aliphatic carbocycles. The summed E-state index contributed by atoms with van der Waals surface area (Å²) < 4.78 is 0.882. The Morgan fingerprint density at radius 3 is 2.20 bits per heavy atom. The van der Waals surface area contributed by atoms with Gasteiger partial charge in [0.1, 0.15) is 0 Å². The fourth-order valence-electron chi connectivity index (χ4n) is 1.65. The Kier molecular flexibility index (Phi) is 10.3. The fourth-order valence-corrected chi connectivity index (χ4v) is 11.7. The van der Waals surface area contributed by atoms with E-state index < -0.39 is 0 Å². The van der Waals surface area contributed by atoms with Gasteiger partial charge in [0, 0.05) is 15.4 Å². The van der Waals surface area contributed by atoms with E-state index in [1.165, 1.54) is 28.1 Å². The van der Waals surface area contributed by atoms with Gasteiger partial charge in [-0.05, 0) is 36.7 Å². The molecule has 0 bridgehead atoms. The highest BCUT2D eigenvalue weighted by atomic mass is 32.3. The van der Waals surface area contributed by atoms with E-state index in [2.05, 4.69) is 56.8 Å². The largest absolute Gasteiger partial charge is 0.220 e. The zero-order valence-electron chi connectivity index (χ0n) is 10.7. The van der Waals surface area contributed by atoms with Crippen LogP contribution in [0.2, 0.25) is 0 Å². The smallest absolute Gasteiger partial charge is 0.0327 e. The monoisotopic (exact) mass is 286 g/mol. The van der Waals surface area contributed by atoms with Crippen LogP contribution >= 0.6 is 45.3 Å². The highest BCUT2D eigenvalue weighted by molar-refractivity contribution is 8.44. The maximum Gasteiger partial charge on any atom is 0.0327 e. The van der Waals surface area contributed by atoms with Crippen molar-refractivity contribution in [1.82, 2.24) is 0 Å². The summed E-state index contributed by atoms with van der Waals surface area (Å²) >= 11 is 6.23. The SMILES string of the molecule is CCSC(C)S(CC)(CCSC)CSC. The van der Waals surface area contributed by atoms with Crippen molar-refractivity contribution in [2.45, 2.75) is 25.4 Å². The molecular weight excluding hydrogens is 260 g/mol. The maximum absolute atomic E-state index is 2.46. The molecule has 0 aromatic heterocycles. The second kappa shape index (κ2) is 9.43. The first kappa shape index (κ1) is 16.4. The van der Waals surface area contributed by atoms with Crippen LogP contribution in [0.25, 0.3) is 0 Å². The van der Waals surface area contributed by atoms with Gasteiger partial charge in [-0.25, -0.2) is 10.0 Å². The van der Waals surface area contributed by atoms with Gasteiger partial charge in [0.25, 0.3) is 0 Å². The molecule has 0 N–H and O–H groups in total. The van der Waals surface area contributed by atoms with Gasteiger partial charge in [-0.1, -0.05) is 13.8 Å². The van der Waals surface area contributed by atoms with Crippen LogP contribution in [0.1, 0.15) is 20.8 Å². The summed E-state index contributed by atoms with van der Waals surface area (Å²) in [4.78, 5) is 0. The Bertz CT molecular complexity index is 152. The first-order valence-electron chi connectivity index (χ1n) is 5.51. The van der Waals surface area contributed by atoms with Gasteiger partial charge >= 0.3 is 0 Å². The highest BCUT2D eigenvalue weighted by Crippen LogP contribution is 2.57. The van der Waals surface area contributed by atoms with Gasteiger partial charge in [0.15, 0.2) is 0 Å². The van der Waals surface area contributed by atoms with E-state index in [-0.39, 0.29) is 10.0 Å². The standard InChI is InChI=1S/C11H26S4/c1-6-14-11(3)15(7-2,10-13-5)9-8-12-4/h11H,6-10H2,1-5H3. The van der Waals surface area contributed by atoms with Crippen LogP contribution in [0.15, 0.2) is 0 Å². The summed E-state index contributed by atoms with van der Waals surface area (Å²) in [5.74, 6) is 5.48. The maximum atomic E-state index is 2.46. The van der Waals surface area contributed by atoms with Crippen molar-refractivity contribution in [2.75, 3.05) is 40.6 Å². The minimum atomic E-state index is -0.382. The predicted octanol–water partition coefficient (Wildman–Crippen LogP) is 4.59. The van der Waals surface area contributed by atoms with Gasteiger partial charge < -0.3 is 0 Å². The van der Waals surface area contributed by atoms with Gasteiger partial charge in [-0.3, -0.25) is 0 Å². The molecule has 0 aliphatic heterocycles. The molecule has 2 atom stereocenters. The second-order valence-electron chi connectivity index (χ2n) is 3.53. The lowest BCUT2D eigenvalue weighted by atomic mass is 10.9. The molecule has 0 nitrogen and oxygen atoms in total. The molecule has 0 aromatic carbocycles. The Hall–Kier alpha value is 1.40. The van der Waals surface area contributed by atoms with Crippen molar-refractivity contribution in [3.63, 3.8) is 0 Å². The zero-order chi connectivity index (χ0) is 11.7. The topological polar surface area (TPSA) is 0 Å². The lowest BCUT2D eigenvalue weighted by Gasteiger charge is -2.44. The highest BCUT2D eigenvalue weighted by Gasteiger charge is 2.27. The third-order valence-electron chi connectivity index (χ3n) is 2.73. The van der Waals surface area contributed by atoms with E-state index in [1.807, 2.05) is 11.8 Å². The summed E-state index contributed by atoms with van der Waals surface area (Å²) in [6.45, 7) is 7.15. The van der Waals surface area contributed by atoms with E-state index in [1.54, 1.807) is 0 Å².